The average Bonchev–Trinajstić information content (AvgIpc) is 2.40. The fraction of sp³-hybridized carbons (Fsp3) is 0.727. The van der Waals surface area contributed by atoms with Crippen LogP contribution in [0.2, 0.25) is 0 Å². The van der Waals surface area contributed by atoms with E-state index in [0.29, 0.717) is 0 Å². The van der Waals surface area contributed by atoms with Crippen LogP contribution in [0.4, 0.5) is 26.3 Å². The van der Waals surface area contributed by atoms with Gasteiger partial charge in [-0.2, -0.15) is 0 Å². The maximum absolute atomic E-state index is 13.1. The Bertz CT molecular complexity index is 312. The van der Waals surface area contributed by atoms with Crippen LogP contribution in [-0.4, -0.2) is 50.1 Å². The largest absolute Gasteiger partial charge is 0.459 e. The number of alkyl halides is 6. The predicted molar refractivity (Wildman–Crippen MR) is 56.2 cm³/mol. The standard InChI is InChI=1S/C11H14F6O2/c1-5(2)11(18)19-4-7(14)9(16)10(17)8(15)6(13)3-12/h6-10H,1,3-4H2,2H3. The van der Waals surface area contributed by atoms with Gasteiger partial charge in [0.15, 0.2) is 30.9 Å². The first-order valence-corrected chi connectivity index (χ1v) is 5.31. The van der Waals surface area contributed by atoms with Crippen molar-refractivity contribution < 1.29 is 35.9 Å². The molecule has 0 saturated carbocycles. The molecule has 0 bridgehead atoms. The quantitative estimate of drug-likeness (QED) is 0.391. The highest BCUT2D eigenvalue weighted by Gasteiger charge is 2.40. The van der Waals surface area contributed by atoms with E-state index >= 15 is 0 Å². The molecule has 0 rings (SSSR count). The van der Waals surface area contributed by atoms with Gasteiger partial charge in [-0.05, 0) is 6.92 Å². The molecule has 0 aromatic heterocycles. The first-order valence-electron chi connectivity index (χ1n) is 5.31. The lowest BCUT2D eigenvalue weighted by Gasteiger charge is -2.21. The minimum atomic E-state index is -3.19. The number of esters is 1. The van der Waals surface area contributed by atoms with Gasteiger partial charge in [0.2, 0.25) is 0 Å². The normalized spacial score (nSPS) is 19.1. The summed E-state index contributed by atoms with van der Waals surface area (Å²) in [6.45, 7) is 1.38. The van der Waals surface area contributed by atoms with Gasteiger partial charge in [-0.25, -0.2) is 31.1 Å². The van der Waals surface area contributed by atoms with Crippen molar-refractivity contribution in [2.75, 3.05) is 13.3 Å². The molecule has 0 spiro atoms. The lowest BCUT2D eigenvalue weighted by atomic mass is 10.0. The fourth-order valence-electron chi connectivity index (χ4n) is 1.03. The molecular weight excluding hydrogens is 278 g/mol. The minimum Gasteiger partial charge on any atom is -0.459 e. The summed E-state index contributed by atoms with van der Waals surface area (Å²) in [6.07, 6.45) is -15.0. The van der Waals surface area contributed by atoms with Crippen molar-refractivity contribution in [3.05, 3.63) is 12.2 Å². The van der Waals surface area contributed by atoms with Crippen LogP contribution in [0.1, 0.15) is 6.92 Å². The summed E-state index contributed by atoms with van der Waals surface area (Å²) < 4.78 is 80.4. The van der Waals surface area contributed by atoms with Gasteiger partial charge in [-0.15, -0.1) is 0 Å². The lowest BCUT2D eigenvalue weighted by molar-refractivity contribution is -0.142. The molecule has 0 aliphatic heterocycles. The van der Waals surface area contributed by atoms with Crippen LogP contribution in [0.15, 0.2) is 12.2 Å². The van der Waals surface area contributed by atoms with Gasteiger partial charge in [0.1, 0.15) is 13.3 Å². The molecule has 5 atom stereocenters. The molecule has 0 amide bonds. The molecule has 0 N–H and O–H groups in total. The highest BCUT2D eigenvalue weighted by atomic mass is 19.2. The summed E-state index contributed by atoms with van der Waals surface area (Å²) >= 11 is 0. The van der Waals surface area contributed by atoms with Crippen LogP contribution < -0.4 is 0 Å². The Morgan fingerprint density at radius 1 is 1.05 bits per heavy atom. The number of carbonyl (C=O) groups is 1. The van der Waals surface area contributed by atoms with Crippen molar-refractivity contribution in [2.45, 2.75) is 37.8 Å². The molecule has 0 aliphatic carbocycles. The highest BCUT2D eigenvalue weighted by Crippen LogP contribution is 2.22. The maximum atomic E-state index is 13.1. The zero-order valence-corrected chi connectivity index (χ0v) is 10.1. The Labute approximate surface area is 106 Å². The molecule has 0 aromatic carbocycles. The molecule has 0 radical (unpaired) electrons. The summed E-state index contributed by atoms with van der Waals surface area (Å²) in [7, 11) is 0. The van der Waals surface area contributed by atoms with Crippen LogP contribution >= 0.6 is 0 Å². The Morgan fingerprint density at radius 3 is 1.95 bits per heavy atom. The number of halogens is 6. The second kappa shape index (κ2) is 8.06. The first-order chi connectivity index (χ1) is 8.72. The number of hydrogen-bond donors (Lipinski definition) is 0. The van der Waals surface area contributed by atoms with Gasteiger partial charge in [-0.1, -0.05) is 6.58 Å². The second-order valence-electron chi connectivity index (χ2n) is 3.90. The van der Waals surface area contributed by atoms with E-state index in [2.05, 4.69) is 11.3 Å². The molecule has 0 saturated heterocycles. The second-order valence-corrected chi connectivity index (χ2v) is 3.90. The van der Waals surface area contributed by atoms with Gasteiger partial charge in [0.25, 0.3) is 0 Å². The van der Waals surface area contributed by atoms with E-state index in [9.17, 15) is 31.1 Å². The smallest absolute Gasteiger partial charge is 0.333 e. The molecule has 8 heteroatoms. The van der Waals surface area contributed by atoms with E-state index in [-0.39, 0.29) is 5.57 Å². The summed E-state index contributed by atoms with van der Waals surface area (Å²) in [5.41, 5.74) is -0.0935. The van der Waals surface area contributed by atoms with Crippen LogP contribution in [0.3, 0.4) is 0 Å². The van der Waals surface area contributed by atoms with E-state index in [0.717, 1.165) is 0 Å². The zero-order valence-electron chi connectivity index (χ0n) is 10.1. The molecule has 2 nitrogen and oxygen atoms in total. The zero-order chi connectivity index (χ0) is 15.2. The van der Waals surface area contributed by atoms with E-state index in [1.54, 1.807) is 0 Å². The van der Waals surface area contributed by atoms with E-state index < -0.39 is 50.1 Å². The van der Waals surface area contributed by atoms with Crippen LogP contribution in [0.25, 0.3) is 0 Å². The first kappa shape index (κ1) is 17.8. The molecule has 0 fully saturated rings. The van der Waals surface area contributed by atoms with Crippen molar-refractivity contribution in [2.24, 2.45) is 0 Å². The number of ether oxygens (including phenoxy) is 1. The Morgan fingerprint density at radius 2 is 1.53 bits per heavy atom. The minimum absolute atomic E-state index is 0.0935. The van der Waals surface area contributed by atoms with E-state index in [1.165, 1.54) is 6.92 Å². The topological polar surface area (TPSA) is 26.3 Å². The summed E-state index contributed by atoms with van der Waals surface area (Å²) in [4.78, 5) is 10.8. The van der Waals surface area contributed by atoms with Crippen molar-refractivity contribution in [1.29, 1.82) is 0 Å². The highest BCUT2D eigenvalue weighted by molar-refractivity contribution is 5.86. The van der Waals surface area contributed by atoms with Crippen LogP contribution in [0, 0.1) is 0 Å². The Balaban J connectivity index is 4.35. The fourth-order valence-corrected chi connectivity index (χ4v) is 1.03. The van der Waals surface area contributed by atoms with Crippen molar-refractivity contribution in [1.82, 2.24) is 0 Å². The van der Waals surface area contributed by atoms with Gasteiger partial charge in [0, 0.05) is 5.57 Å². The van der Waals surface area contributed by atoms with E-state index in [1.807, 2.05) is 0 Å². The molecule has 19 heavy (non-hydrogen) atoms. The SMILES string of the molecule is C=C(C)C(=O)OCC(F)C(F)C(F)C(F)C(F)CF. The third kappa shape index (κ3) is 5.52. The Hall–Kier alpha value is -1.21. The monoisotopic (exact) mass is 292 g/mol. The predicted octanol–water partition coefficient (Wildman–Crippen LogP) is 2.77. The van der Waals surface area contributed by atoms with Gasteiger partial charge in [-0.3, -0.25) is 0 Å². The number of hydrogen-bond acceptors (Lipinski definition) is 2. The van der Waals surface area contributed by atoms with Crippen molar-refractivity contribution >= 4 is 5.97 Å². The molecule has 0 aromatic rings. The molecule has 0 heterocycles. The third-order valence-corrected chi connectivity index (χ3v) is 2.17. The molecular formula is C11H14F6O2. The third-order valence-electron chi connectivity index (χ3n) is 2.17. The molecule has 112 valence electrons. The maximum Gasteiger partial charge on any atom is 0.333 e. The molecule has 5 unspecified atom stereocenters. The summed E-state index contributed by atoms with van der Waals surface area (Å²) in [5.74, 6) is -1.03. The van der Waals surface area contributed by atoms with Crippen LogP contribution in [0.5, 0.6) is 0 Å². The molecule has 0 aliphatic rings. The van der Waals surface area contributed by atoms with Gasteiger partial charge < -0.3 is 4.74 Å². The number of rotatable bonds is 8. The van der Waals surface area contributed by atoms with Crippen molar-refractivity contribution in [3.63, 3.8) is 0 Å². The Kier molecular flexibility index (Phi) is 7.55. The van der Waals surface area contributed by atoms with E-state index in [4.69, 9.17) is 0 Å². The van der Waals surface area contributed by atoms with Crippen molar-refractivity contribution in [3.8, 4) is 0 Å². The van der Waals surface area contributed by atoms with Gasteiger partial charge in [0.05, 0.1) is 0 Å². The average molecular weight is 292 g/mol. The lowest BCUT2D eigenvalue weighted by Crippen LogP contribution is -2.42. The number of carbonyl (C=O) groups excluding carboxylic acids is 1. The summed E-state index contributed by atoms with van der Waals surface area (Å²) in [6, 6.07) is 0. The van der Waals surface area contributed by atoms with Crippen LogP contribution in [-0.2, 0) is 9.53 Å². The summed E-state index contributed by atoms with van der Waals surface area (Å²) in [5, 5.41) is 0. The van der Waals surface area contributed by atoms with Gasteiger partial charge >= 0.3 is 5.97 Å².